The van der Waals surface area contributed by atoms with Gasteiger partial charge in [-0.3, -0.25) is 0 Å². The van der Waals surface area contributed by atoms with Gasteiger partial charge in [0.2, 0.25) is 0 Å². The highest BCUT2D eigenvalue weighted by molar-refractivity contribution is 7.91. The Morgan fingerprint density at radius 3 is 2.53 bits per heavy atom. The van der Waals surface area contributed by atoms with E-state index in [0.29, 0.717) is 23.3 Å². The molecule has 1 saturated carbocycles. The van der Waals surface area contributed by atoms with Crippen molar-refractivity contribution >= 4 is 9.84 Å². The van der Waals surface area contributed by atoms with Crippen molar-refractivity contribution in [3.63, 3.8) is 0 Å². The molecule has 2 aliphatic rings. The standard InChI is InChI=1S/C11H21NO2S/c1-8-2-3-11(12)10(6-8)9-4-5-15(13,14)7-9/h8-11H,2-7,12H2,1H3. The number of sulfone groups is 1. The van der Waals surface area contributed by atoms with Crippen molar-refractivity contribution in [2.24, 2.45) is 23.5 Å². The molecule has 0 aromatic heterocycles. The zero-order valence-corrected chi connectivity index (χ0v) is 10.2. The van der Waals surface area contributed by atoms with Crippen LogP contribution in [0.1, 0.15) is 32.6 Å². The molecule has 2 N–H and O–H groups in total. The Balaban J connectivity index is 2.03. The lowest BCUT2D eigenvalue weighted by Crippen LogP contribution is -2.40. The molecule has 1 saturated heterocycles. The van der Waals surface area contributed by atoms with Crippen molar-refractivity contribution < 1.29 is 8.42 Å². The Hall–Kier alpha value is -0.0900. The summed E-state index contributed by atoms with van der Waals surface area (Å²) >= 11 is 0. The smallest absolute Gasteiger partial charge is 0.150 e. The molecule has 3 nitrogen and oxygen atoms in total. The van der Waals surface area contributed by atoms with Crippen molar-refractivity contribution in [3.8, 4) is 0 Å². The van der Waals surface area contributed by atoms with Crippen LogP contribution >= 0.6 is 0 Å². The Labute approximate surface area is 92.3 Å². The fourth-order valence-electron chi connectivity index (χ4n) is 3.15. The van der Waals surface area contributed by atoms with E-state index in [4.69, 9.17) is 5.73 Å². The summed E-state index contributed by atoms with van der Waals surface area (Å²) in [6.45, 7) is 2.25. The molecule has 1 aliphatic heterocycles. The van der Waals surface area contributed by atoms with Gasteiger partial charge in [-0.1, -0.05) is 6.92 Å². The topological polar surface area (TPSA) is 60.2 Å². The number of rotatable bonds is 1. The minimum atomic E-state index is -2.74. The van der Waals surface area contributed by atoms with E-state index in [1.165, 1.54) is 6.42 Å². The molecule has 4 atom stereocenters. The van der Waals surface area contributed by atoms with Gasteiger partial charge in [0, 0.05) is 6.04 Å². The molecule has 2 rings (SSSR count). The number of nitrogens with two attached hydrogens (primary N) is 1. The molecule has 0 amide bonds. The van der Waals surface area contributed by atoms with Gasteiger partial charge in [0.05, 0.1) is 11.5 Å². The molecular weight excluding hydrogens is 210 g/mol. The first kappa shape index (κ1) is 11.4. The first-order valence-electron chi connectivity index (χ1n) is 5.94. The van der Waals surface area contributed by atoms with Crippen molar-refractivity contribution in [1.82, 2.24) is 0 Å². The zero-order valence-electron chi connectivity index (χ0n) is 9.35. The zero-order chi connectivity index (χ0) is 11.1. The molecule has 0 aromatic carbocycles. The maximum atomic E-state index is 11.4. The quantitative estimate of drug-likeness (QED) is 0.737. The lowest BCUT2D eigenvalue weighted by molar-refractivity contribution is 0.187. The van der Waals surface area contributed by atoms with Crippen LogP contribution in [0.25, 0.3) is 0 Å². The number of hydrogen-bond acceptors (Lipinski definition) is 3. The van der Waals surface area contributed by atoms with Gasteiger partial charge in [-0.25, -0.2) is 8.42 Å². The van der Waals surface area contributed by atoms with Crippen molar-refractivity contribution in [1.29, 1.82) is 0 Å². The second-order valence-corrected chi connectivity index (χ2v) is 7.64. The highest BCUT2D eigenvalue weighted by Crippen LogP contribution is 2.37. The van der Waals surface area contributed by atoms with Crippen LogP contribution < -0.4 is 5.73 Å². The monoisotopic (exact) mass is 231 g/mol. The van der Waals surface area contributed by atoms with Gasteiger partial charge in [-0.2, -0.15) is 0 Å². The molecule has 2 fully saturated rings. The maximum Gasteiger partial charge on any atom is 0.150 e. The van der Waals surface area contributed by atoms with Crippen LogP contribution in [0, 0.1) is 17.8 Å². The summed E-state index contributed by atoms with van der Waals surface area (Å²) in [4.78, 5) is 0. The minimum absolute atomic E-state index is 0.236. The van der Waals surface area contributed by atoms with E-state index in [2.05, 4.69) is 6.92 Å². The summed E-state index contributed by atoms with van der Waals surface area (Å²) in [5.41, 5.74) is 6.11. The fraction of sp³-hybridized carbons (Fsp3) is 1.00. The first-order chi connectivity index (χ1) is 6.98. The molecule has 1 aliphatic carbocycles. The van der Waals surface area contributed by atoms with Crippen LogP contribution in [-0.4, -0.2) is 26.0 Å². The van der Waals surface area contributed by atoms with Crippen LogP contribution in [0.2, 0.25) is 0 Å². The van der Waals surface area contributed by atoms with Crippen LogP contribution in [0.3, 0.4) is 0 Å². The summed E-state index contributed by atoms with van der Waals surface area (Å²) in [6, 6.07) is 0.236. The molecule has 15 heavy (non-hydrogen) atoms. The summed E-state index contributed by atoms with van der Waals surface area (Å²) in [5.74, 6) is 2.28. The lowest BCUT2D eigenvalue weighted by Gasteiger charge is -2.35. The molecular formula is C11H21NO2S. The third kappa shape index (κ3) is 2.53. The van der Waals surface area contributed by atoms with E-state index in [9.17, 15) is 8.42 Å². The summed E-state index contributed by atoms with van der Waals surface area (Å²) in [5, 5.41) is 0. The highest BCUT2D eigenvalue weighted by Gasteiger charge is 2.38. The third-order valence-electron chi connectivity index (χ3n) is 4.09. The molecule has 0 spiro atoms. The predicted octanol–water partition coefficient (Wildman–Crippen LogP) is 1.18. The van der Waals surface area contributed by atoms with Crippen LogP contribution in [-0.2, 0) is 9.84 Å². The van der Waals surface area contributed by atoms with Gasteiger partial charge in [0.1, 0.15) is 0 Å². The van der Waals surface area contributed by atoms with Crippen LogP contribution in [0.4, 0.5) is 0 Å². The summed E-state index contributed by atoms with van der Waals surface area (Å²) in [6.07, 6.45) is 4.24. The molecule has 1 heterocycles. The van der Waals surface area contributed by atoms with E-state index in [-0.39, 0.29) is 6.04 Å². The third-order valence-corrected chi connectivity index (χ3v) is 5.88. The van der Waals surface area contributed by atoms with Gasteiger partial charge < -0.3 is 5.73 Å². The Kier molecular flexibility index (Phi) is 3.08. The van der Waals surface area contributed by atoms with Crippen molar-refractivity contribution in [2.75, 3.05) is 11.5 Å². The Morgan fingerprint density at radius 2 is 1.93 bits per heavy atom. The molecule has 4 unspecified atom stereocenters. The summed E-state index contributed by atoms with van der Waals surface area (Å²) < 4.78 is 22.9. The normalized spacial score (nSPS) is 45.5. The second kappa shape index (κ2) is 4.06. The SMILES string of the molecule is CC1CCC(N)C(C2CCS(=O)(=O)C2)C1. The Bertz CT molecular complexity index is 325. The van der Waals surface area contributed by atoms with E-state index >= 15 is 0 Å². The second-order valence-electron chi connectivity index (χ2n) is 5.41. The van der Waals surface area contributed by atoms with Gasteiger partial charge in [0.15, 0.2) is 9.84 Å². The van der Waals surface area contributed by atoms with E-state index in [1.54, 1.807) is 0 Å². The molecule has 4 heteroatoms. The maximum absolute atomic E-state index is 11.4. The van der Waals surface area contributed by atoms with E-state index < -0.39 is 9.84 Å². The number of hydrogen-bond donors (Lipinski definition) is 1. The largest absolute Gasteiger partial charge is 0.327 e. The fourth-order valence-corrected chi connectivity index (χ4v) is 5.05. The minimum Gasteiger partial charge on any atom is -0.327 e. The van der Waals surface area contributed by atoms with Gasteiger partial charge in [-0.15, -0.1) is 0 Å². The van der Waals surface area contributed by atoms with E-state index in [0.717, 1.165) is 25.2 Å². The average molecular weight is 231 g/mol. The first-order valence-corrected chi connectivity index (χ1v) is 7.76. The average Bonchev–Trinajstić information content (AvgIpc) is 2.50. The van der Waals surface area contributed by atoms with Gasteiger partial charge in [-0.05, 0) is 43.4 Å². The van der Waals surface area contributed by atoms with Gasteiger partial charge >= 0.3 is 0 Å². The highest BCUT2D eigenvalue weighted by atomic mass is 32.2. The lowest BCUT2D eigenvalue weighted by atomic mass is 9.73. The van der Waals surface area contributed by atoms with E-state index in [1.807, 2.05) is 0 Å². The Morgan fingerprint density at radius 1 is 1.20 bits per heavy atom. The van der Waals surface area contributed by atoms with Crippen molar-refractivity contribution in [3.05, 3.63) is 0 Å². The molecule has 0 aromatic rings. The summed E-state index contributed by atoms with van der Waals surface area (Å²) in [7, 11) is -2.74. The van der Waals surface area contributed by atoms with Crippen LogP contribution in [0.15, 0.2) is 0 Å². The van der Waals surface area contributed by atoms with Crippen molar-refractivity contribution in [2.45, 2.75) is 38.6 Å². The van der Waals surface area contributed by atoms with Gasteiger partial charge in [0.25, 0.3) is 0 Å². The molecule has 88 valence electrons. The molecule has 0 radical (unpaired) electrons. The predicted molar refractivity (Wildman–Crippen MR) is 61.2 cm³/mol. The van der Waals surface area contributed by atoms with Crippen LogP contribution in [0.5, 0.6) is 0 Å². The molecule has 0 bridgehead atoms.